The van der Waals surface area contributed by atoms with E-state index in [4.69, 9.17) is 9.26 Å². The van der Waals surface area contributed by atoms with Crippen LogP contribution in [0, 0.1) is 39.0 Å². The minimum atomic E-state index is -0.249. The Morgan fingerprint density at radius 3 is 2.67 bits per heavy atom. The van der Waals surface area contributed by atoms with E-state index in [1.165, 1.54) is 5.56 Å². The summed E-state index contributed by atoms with van der Waals surface area (Å²) in [5.41, 5.74) is 4.02. The highest BCUT2D eigenvalue weighted by Crippen LogP contribution is 2.27. The fourth-order valence-electron chi connectivity index (χ4n) is 2.43. The Morgan fingerprint density at radius 1 is 1.29 bits per heavy atom. The summed E-state index contributed by atoms with van der Waals surface area (Å²) < 4.78 is 11.0. The zero-order valence-electron chi connectivity index (χ0n) is 12.9. The number of rotatable bonds is 5. The molecule has 0 aliphatic heterocycles. The fourth-order valence-corrected chi connectivity index (χ4v) is 2.43. The van der Waals surface area contributed by atoms with Gasteiger partial charge in [0.15, 0.2) is 0 Å². The van der Waals surface area contributed by atoms with Crippen molar-refractivity contribution in [2.75, 3.05) is 6.61 Å². The van der Waals surface area contributed by atoms with Gasteiger partial charge in [0.2, 0.25) is 0 Å². The Morgan fingerprint density at radius 2 is 2.05 bits per heavy atom. The minimum Gasteiger partial charge on any atom is -0.493 e. The Balaban J connectivity index is 2.02. The van der Waals surface area contributed by atoms with E-state index >= 15 is 0 Å². The van der Waals surface area contributed by atoms with Gasteiger partial charge < -0.3 is 9.26 Å². The van der Waals surface area contributed by atoms with Crippen LogP contribution < -0.4 is 4.74 Å². The van der Waals surface area contributed by atoms with Gasteiger partial charge in [0.25, 0.3) is 0 Å². The molecule has 21 heavy (non-hydrogen) atoms. The van der Waals surface area contributed by atoms with E-state index in [2.05, 4.69) is 24.2 Å². The smallest absolute Gasteiger partial charge is 0.138 e. The van der Waals surface area contributed by atoms with Crippen molar-refractivity contribution in [2.24, 2.45) is 0 Å². The van der Waals surface area contributed by atoms with Gasteiger partial charge in [-0.3, -0.25) is 0 Å². The summed E-state index contributed by atoms with van der Waals surface area (Å²) in [6, 6.07) is 8.32. The third kappa shape index (κ3) is 3.25. The molecule has 0 saturated carbocycles. The topological polar surface area (TPSA) is 59.0 Å². The molecule has 1 heterocycles. The van der Waals surface area contributed by atoms with Crippen molar-refractivity contribution in [3.05, 3.63) is 46.3 Å². The highest BCUT2D eigenvalue weighted by Gasteiger charge is 2.20. The van der Waals surface area contributed by atoms with Gasteiger partial charge in [-0.2, -0.15) is 5.26 Å². The molecule has 0 fully saturated rings. The lowest BCUT2D eigenvalue weighted by Gasteiger charge is -2.13. The molecule has 0 saturated heterocycles. The standard InChI is InChI=1S/C17H20N2O2/c1-11-6-5-7-16(12(11)2)20-9-8-15(10-18)17-13(3)19-21-14(17)4/h5-7,15H,8-9H2,1-4H3. The molecule has 0 N–H and O–H groups in total. The van der Waals surface area contributed by atoms with Crippen LogP contribution >= 0.6 is 0 Å². The monoisotopic (exact) mass is 284 g/mol. The van der Waals surface area contributed by atoms with Crippen LogP contribution in [0.5, 0.6) is 5.75 Å². The number of benzene rings is 1. The lowest BCUT2D eigenvalue weighted by Crippen LogP contribution is -2.07. The van der Waals surface area contributed by atoms with Crippen LogP contribution in [-0.2, 0) is 0 Å². The van der Waals surface area contributed by atoms with Crippen LogP contribution in [-0.4, -0.2) is 11.8 Å². The molecule has 4 nitrogen and oxygen atoms in total. The normalized spacial score (nSPS) is 12.0. The maximum absolute atomic E-state index is 9.37. The number of hydrogen-bond acceptors (Lipinski definition) is 4. The molecule has 2 rings (SSSR count). The van der Waals surface area contributed by atoms with E-state index in [1.807, 2.05) is 32.9 Å². The average Bonchev–Trinajstić information content (AvgIpc) is 2.79. The van der Waals surface area contributed by atoms with Gasteiger partial charge in [-0.1, -0.05) is 17.3 Å². The first-order valence-corrected chi connectivity index (χ1v) is 7.06. The van der Waals surface area contributed by atoms with Crippen molar-refractivity contribution >= 4 is 0 Å². The molecule has 0 amide bonds. The van der Waals surface area contributed by atoms with Crippen LogP contribution in [0.4, 0.5) is 0 Å². The van der Waals surface area contributed by atoms with Gasteiger partial charge in [-0.15, -0.1) is 0 Å². The first kappa shape index (κ1) is 15.1. The number of nitriles is 1. The Labute approximate surface area is 125 Å². The van der Waals surface area contributed by atoms with Crippen molar-refractivity contribution in [3.8, 4) is 11.8 Å². The average molecular weight is 284 g/mol. The number of nitrogens with zero attached hydrogens (tertiary/aromatic N) is 2. The summed E-state index contributed by atoms with van der Waals surface area (Å²) in [7, 11) is 0. The largest absolute Gasteiger partial charge is 0.493 e. The highest BCUT2D eigenvalue weighted by atomic mass is 16.5. The molecule has 4 heteroatoms. The number of ether oxygens (including phenoxy) is 1. The summed E-state index contributed by atoms with van der Waals surface area (Å²) in [5, 5.41) is 13.3. The Bertz CT molecular complexity index is 648. The molecule has 0 bridgehead atoms. The lowest BCUT2D eigenvalue weighted by atomic mass is 9.96. The van der Waals surface area contributed by atoms with Crippen LogP contribution in [0.3, 0.4) is 0 Å². The summed E-state index contributed by atoms with van der Waals surface area (Å²) in [6.45, 7) is 8.30. The Kier molecular flexibility index (Phi) is 4.64. The quantitative estimate of drug-likeness (QED) is 0.833. The van der Waals surface area contributed by atoms with E-state index in [0.717, 1.165) is 22.6 Å². The third-order valence-corrected chi connectivity index (χ3v) is 3.81. The summed E-state index contributed by atoms with van der Waals surface area (Å²) in [4.78, 5) is 0. The molecule has 0 spiro atoms. The van der Waals surface area contributed by atoms with Gasteiger partial charge in [0.1, 0.15) is 11.5 Å². The van der Waals surface area contributed by atoms with Gasteiger partial charge in [-0.25, -0.2) is 0 Å². The van der Waals surface area contributed by atoms with E-state index in [-0.39, 0.29) is 5.92 Å². The van der Waals surface area contributed by atoms with Crippen LogP contribution in [0.25, 0.3) is 0 Å². The van der Waals surface area contributed by atoms with E-state index in [9.17, 15) is 5.26 Å². The second-order valence-electron chi connectivity index (χ2n) is 5.25. The highest BCUT2D eigenvalue weighted by molar-refractivity contribution is 5.38. The summed E-state index contributed by atoms with van der Waals surface area (Å²) in [5.74, 6) is 1.35. The minimum absolute atomic E-state index is 0.249. The predicted octanol–water partition coefficient (Wildman–Crippen LogP) is 3.98. The maximum atomic E-state index is 9.37. The third-order valence-electron chi connectivity index (χ3n) is 3.81. The first-order valence-electron chi connectivity index (χ1n) is 7.06. The lowest BCUT2D eigenvalue weighted by molar-refractivity contribution is 0.303. The molecular formula is C17H20N2O2. The molecule has 1 unspecified atom stereocenters. The molecule has 0 radical (unpaired) electrons. The van der Waals surface area contributed by atoms with Crippen LogP contribution in [0.1, 0.15) is 40.5 Å². The van der Waals surface area contributed by atoms with Gasteiger partial charge in [0.05, 0.1) is 24.3 Å². The van der Waals surface area contributed by atoms with Crippen molar-refractivity contribution in [1.29, 1.82) is 5.26 Å². The first-order chi connectivity index (χ1) is 10.0. The maximum Gasteiger partial charge on any atom is 0.138 e. The summed E-state index contributed by atoms with van der Waals surface area (Å²) in [6.07, 6.45) is 0.618. The number of aryl methyl sites for hydroxylation is 3. The van der Waals surface area contributed by atoms with E-state index in [1.54, 1.807) is 0 Å². The number of aromatic nitrogens is 1. The predicted molar refractivity (Wildman–Crippen MR) is 80.4 cm³/mol. The Hall–Kier alpha value is -2.28. The zero-order chi connectivity index (χ0) is 15.4. The molecule has 1 aromatic heterocycles. The van der Waals surface area contributed by atoms with Crippen molar-refractivity contribution in [3.63, 3.8) is 0 Å². The number of hydrogen-bond donors (Lipinski definition) is 0. The summed E-state index contributed by atoms with van der Waals surface area (Å²) >= 11 is 0. The van der Waals surface area contributed by atoms with E-state index < -0.39 is 0 Å². The van der Waals surface area contributed by atoms with Crippen LogP contribution in [0.15, 0.2) is 22.7 Å². The molecule has 110 valence electrons. The second-order valence-corrected chi connectivity index (χ2v) is 5.25. The SMILES string of the molecule is Cc1cccc(OCCC(C#N)c2c(C)noc2C)c1C. The molecule has 1 atom stereocenters. The molecule has 1 aromatic carbocycles. The van der Waals surface area contributed by atoms with Crippen molar-refractivity contribution in [2.45, 2.75) is 40.0 Å². The second kappa shape index (κ2) is 6.45. The van der Waals surface area contributed by atoms with Gasteiger partial charge in [-0.05, 0) is 44.9 Å². The van der Waals surface area contributed by atoms with Gasteiger partial charge in [0, 0.05) is 12.0 Å². The van der Waals surface area contributed by atoms with Crippen molar-refractivity contribution in [1.82, 2.24) is 5.16 Å². The van der Waals surface area contributed by atoms with Crippen molar-refractivity contribution < 1.29 is 9.26 Å². The van der Waals surface area contributed by atoms with E-state index in [0.29, 0.717) is 18.8 Å². The molecule has 0 aliphatic carbocycles. The van der Waals surface area contributed by atoms with Gasteiger partial charge >= 0.3 is 0 Å². The molecule has 2 aromatic rings. The molecular weight excluding hydrogens is 264 g/mol. The zero-order valence-corrected chi connectivity index (χ0v) is 12.9. The fraction of sp³-hybridized carbons (Fsp3) is 0.412. The molecule has 0 aliphatic rings. The van der Waals surface area contributed by atoms with Crippen LogP contribution in [0.2, 0.25) is 0 Å².